The molecule has 2 atom stereocenters. The molecule has 0 amide bonds. The highest BCUT2D eigenvalue weighted by molar-refractivity contribution is 5.87. The van der Waals surface area contributed by atoms with Gasteiger partial charge in [0.25, 0.3) is 0 Å². The van der Waals surface area contributed by atoms with Gasteiger partial charge in [0.1, 0.15) is 17.4 Å². The smallest absolute Gasteiger partial charge is 0.243 e. The Hall–Kier alpha value is -3.32. The topological polar surface area (TPSA) is 118 Å². The predicted molar refractivity (Wildman–Crippen MR) is 135 cm³/mol. The highest BCUT2D eigenvalue weighted by Crippen LogP contribution is 2.33. The van der Waals surface area contributed by atoms with Crippen LogP contribution in [0.2, 0.25) is 0 Å². The van der Waals surface area contributed by atoms with E-state index in [0.29, 0.717) is 61.2 Å². The first-order chi connectivity index (χ1) is 17.9. The third-order valence-corrected chi connectivity index (χ3v) is 6.35. The third kappa shape index (κ3) is 5.82. The third-order valence-electron chi connectivity index (χ3n) is 6.35. The first-order valence-corrected chi connectivity index (χ1v) is 12.3. The average Bonchev–Trinajstić information content (AvgIpc) is 3.17. The maximum absolute atomic E-state index is 14.9. The van der Waals surface area contributed by atoms with Crippen LogP contribution in [0.3, 0.4) is 0 Å². The number of nitrogens with two attached hydrogens (primary N) is 1. The second-order valence-electron chi connectivity index (χ2n) is 9.00. The highest BCUT2D eigenvalue weighted by Gasteiger charge is 2.35. The Morgan fingerprint density at radius 1 is 1.27 bits per heavy atom. The summed E-state index contributed by atoms with van der Waals surface area (Å²) < 4.78 is 47.0. The molecule has 2 fully saturated rings. The lowest BCUT2D eigenvalue weighted by Gasteiger charge is -2.42. The normalized spacial score (nSPS) is 20.6. The second-order valence-corrected chi connectivity index (χ2v) is 9.00. The largest absolute Gasteiger partial charge is 0.382 e. The number of aromatic nitrogens is 4. The van der Waals surface area contributed by atoms with E-state index in [4.69, 9.17) is 10.5 Å². The van der Waals surface area contributed by atoms with E-state index < -0.39 is 18.0 Å². The summed E-state index contributed by atoms with van der Waals surface area (Å²) >= 11 is 0. The van der Waals surface area contributed by atoms with Crippen molar-refractivity contribution in [3.63, 3.8) is 0 Å². The van der Waals surface area contributed by atoms with Crippen molar-refractivity contribution < 1.29 is 17.9 Å². The molecule has 37 heavy (non-hydrogen) atoms. The quantitative estimate of drug-likeness (QED) is 0.470. The van der Waals surface area contributed by atoms with E-state index in [1.54, 1.807) is 33.0 Å². The van der Waals surface area contributed by atoms with Crippen LogP contribution >= 0.6 is 0 Å². The molecule has 10 nitrogen and oxygen atoms in total. The van der Waals surface area contributed by atoms with Crippen LogP contribution in [0.5, 0.6) is 0 Å². The predicted octanol–water partition coefficient (Wildman–Crippen LogP) is 4.12. The summed E-state index contributed by atoms with van der Waals surface area (Å²) in [5.41, 5.74) is 8.27. The van der Waals surface area contributed by atoms with Gasteiger partial charge in [-0.3, -0.25) is 14.3 Å². The standard InChI is InChI=1S/C21H25F2N9O.C3H7F/c1-11-15(29-25-2)3-4-17(26-11)18-14(23)8-32-19(18)20(24)28-21(30-32)27-16-5-6-31(7-13(16)22)12-9-33-10-12;1-2-3-4/h3-4,8,12-13,16H,5-7,9-10H2,1-2H3,(H3,24,27,28,30);2-3H2,1H3. The van der Waals surface area contributed by atoms with Crippen LogP contribution in [0.4, 0.5) is 30.6 Å². The molecule has 5 heterocycles. The van der Waals surface area contributed by atoms with Crippen LogP contribution in [0.1, 0.15) is 25.5 Å². The minimum absolute atomic E-state index is 0.0719. The highest BCUT2D eigenvalue weighted by atomic mass is 19.1. The van der Waals surface area contributed by atoms with Gasteiger partial charge >= 0.3 is 0 Å². The number of alkyl halides is 2. The molecule has 2 aliphatic rings. The summed E-state index contributed by atoms with van der Waals surface area (Å²) in [4.78, 5) is 10.8. The number of nitrogen functional groups attached to an aromatic ring is 1. The number of rotatable bonds is 6. The number of likely N-dealkylation sites (tertiary alicyclic amines) is 1. The number of ether oxygens (including phenoxy) is 1. The van der Waals surface area contributed by atoms with Gasteiger partial charge in [0, 0.05) is 20.1 Å². The molecule has 3 aromatic rings. The minimum atomic E-state index is -1.09. The lowest BCUT2D eigenvalue weighted by Crippen LogP contribution is -2.57. The monoisotopic (exact) mass is 519 g/mol. The number of piperidine rings is 1. The molecular weight excluding hydrogens is 487 g/mol. The van der Waals surface area contributed by atoms with Gasteiger partial charge in [0.2, 0.25) is 5.95 Å². The van der Waals surface area contributed by atoms with Crippen molar-refractivity contribution in [3.8, 4) is 11.3 Å². The molecule has 0 spiro atoms. The molecule has 3 N–H and O–H groups in total. The molecule has 0 aromatic carbocycles. The molecule has 13 heteroatoms. The zero-order valence-electron chi connectivity index (χ0n) is 21.2. The van der Waals surface area contributed by atoms with Gasteiger partial charge in [-0.05, 0) is 31.9 Å². The summed E-state index contributed by atoms with van der Waals surface area (Å²) in [6.07, 6.45) is 1.37. The van der Waals surface area contributed by atoms with E-state index in [1.807, 2.05) is 0 Å². The number of nitrogens with one attached hydrogen (secondary N) is 1. The van der Waals surface area contributed by atoms with E-state index in [9.17, 15) is 13.2 Å². The Kier molecular flexibility index (Phi) is 8.54. The summed E-state index contributed by atoms with van der Waals surface area (Å²) in [7, 11) is 1.57. The van der Waals surface area contributed by atoms with Crippen LogP contribution in [-0.2, 0) is 4.74 Å². The number of nitrogens with zero attached hydrogens (tertiary/aromatic N) is 7. The molecule has 2 aliphatic heterocycles. The summed E-state index contributed by atoms with van der Waals surface area (Å²) in [5.74, 6) is -0.315. The summed E-state index contributed by atoms with van der Waals surface area (Å²) in [6, 6.07) is 3.20. The number of anilines is 2. The molecule has 2 saturated heterocycles. The van der Waals surface area contributed by atoms with Crippen molar-refractivity contribution in [1.82, 2.24) is 24.5 Å². The van der Waals surface area contributed by atoms with Gasteiger partial charge in [-0.2, -0.15) is 15.2 Å². The Balaban J connectivity index is 0.000000747. The van der Waals surface area contributed by atoms with Crippen molar-refractivity contribution in [1.29, 1.82) is 0 Å². The van der Waals surface area contributed by atoms with Gasteiger partial charge in [0.05, 0.1) is 55.1 Å². The second kappa shape index (κ2) is 11.8. The maximum Gasteiger partial charge on any atom is 0.243 e. The number of azo groups is 1. The van der Waals surface area contributed by atoms with Crippen molar-refractivity contribution in [2.45, 2.75) is 44.9 Å². The van der Waals surface area contributed by atoms with Gasteiger partial charge in [-0.25, -0.2) is 13.3 Å². The zero-order chi connectivity index (χ0) is 26.5. The van der Waals surface area contributed by atoms with E-state index in [2.05, 4.69) is 35.5 Å². The van der Waals surface area contributed by atoms with Crippen molar-refractivity contribution in [3.05, 3.63) is 29.8 Å². The molecule has 0 radical (unpaired) electrons. The molecule has 0 aliphatic carbocycles. The molecule has 200 valence electrons. The van der Waals surface area contributed by atoms with E-state index in [1.165, 1.54) is 10.7 Å². The van der Waals surface area contributed by atoms with Gasteiger partial charge < -0.3 is 15.8 Å². The van der Waals surface area contributed by atoms with E-state index >= 15 is 0 Å². The minimum Gasteiger partial charge on any atom is -0.382 e. The SMILES string of the molecule is CCCF.CN=Nc1ccc(-c2c(F)cn3nc(NC4CCN(C5COC5)CC4F)nc(N)c23)nc1C. The van der Waals surface area contributed by atoms with Crippen molar-refractivity contribution in [2.24, 2.45) is 10.2 Å². The Morgan fingerprint density at radius 2 is 2.03 bits per heavy atom. The molecular formula is C24H32F3N9O. The fourth-order valence-corrected chi connectivity index (χ4v) is 4.31. The molecule has 0 saturated carbocycles. The number of halogens is 3. The van der Waals surface area contributed by atoms with Crippen molar-refractivity contribution in [2.75, 3.05) is 51.1 Å². The Bertz CT molecular complexity index is 1250. The van der Waals surface area contributed by atoms with Gasteiger partial charge in [-0.15, -0.1) is 5.10 Å². The molecule has 0 bridgehead atoms. The molecule has 5 rings (SSSR count). The molecule has 2 unspecified atom stereocenters. The van der Waals surface area contributed by atoms with E-state index in [0.717, 1.165) is 6.54 Å². The fourth-order valence-electron chi connectivity index (χ4n) is 4.31. The van der Waals surface area contributed by atoms with Crippen LogP contribution in [0.15, 0.2) is 28.6 Å². The number of aryl methyl sites for hydroxylation is 1. The number of pyridine rings is 1. The van der Waals surface area contributed by atoms with Crippen LogP contribution in [0, 0.1) is 12.7 Å². The van der Waals surface area contributed by atoms with Crippen LogP contribution in [-0.4, -0.2) is 82.8 Å². The first kappa shape index (κ1) is 26.7. The van der Waals surface area contributed by atoms with Crippen LogP contribution < -0.4 is 11.1 Å². The number of fused-ring (bicyclic) bond motifs is 1. The fraction of sp³-hybridized carbons (Fsp3) is 0.542. The first-order valence-electron chi connectivity index (χ1n) is 12.3. The van der Waals surface area contributed by atoms with E-state index in [-0.39, 0.29) is 24.0 Å². The zero-order valence-corrected chi connectivity index (χ0v) is 21.2. The van der Waals surface area contributed by atoms with Gasteiger partial charge in [-0.1, -0.05) is 6.92 Å². The summed E-state index contributed by atoms with van der Waals surface area (Å²) in [5, 5.41) is 15.1. The Labute approximate surface area is 213 Å². The Morgan fingerprint density at radius 3 is 2.62 bits per heavy atom. The van der Waals surface area contributed by atoms with Gasteiger partial charge in [0.15, 0.2) is 11.6 Å². The summed E-state index contributed by atoms with van der Waals surface area (Å²) in [6.45, 7) is 5.78. The maximum atomic E-state index is 14.9. The lowest BCUT2D eigenvalue weighted by atomic mass is 10.0. The number of hydrogen-bond donors (Lipinski definition) is 2. The lowest BCUT2D eigenvalue weighted by molar-refractivity contribution is -0.0794. The average molecular weight is 520 g/mol. The molecule has 3 aromatic heterocycles. The number of hydrogen-bond acceptors (Lipinski definition) is 9. The van der Waals surface area contributed by atoms with Crippen molar-refractivity contribution >= 4 is 23.0 Å². The van der Waals surface area contributed by atoms with Crippen LogP contribution in [0.25, 0.3) is 16.8 Å².